The van der Waals surface area contributed by atoms with Crippen LogP contribution in [0, 0.1) is 0 Å². The molecule has 170 valence electrons. The number of carbonyl (C=O) groups is 3. The Morgan fingerprint density at radius 1 is 1.03 bits per heavy atom. The minimum absolute atomic E-state index is 0.0815. The van der Waals surface area contributed by atoms with Crippen LogP contribution in [0.15, 0.2) is 48.5 Å². The first kappa shape index (κ1) is 23.3. The molecule has 0 aliphatic heterocycles. The molecular formula is C25H30N2O5. The zero-order valence-corrected chi connectivity index (χ0v) is 18.9. The third-order valence-electron chi connectivity index (χ3n) is 5.71. The molecule has 0 fully saturated rings. The standard InChI is InChI=1S/C25H30N2O5/c1-5-21(23(30)27(14-22(28)29)25(2,3)4)26-24(31)32-15-20-18-12-8-6-10-16(18)17-11-7-9-13-19(17)20/h6-13,20-21H,5,14-15H2,1-4H3,(H,26,31)(H,28,29)/t21-/m0/s1. The smallest absolute Gasteiger partial charge is 0.407 e. The number of rotatable bonds is 7. The number of nitrogens with zero attached hydrogens (tertiary/aromatic N) is 1. The highest BCUT2D eigenvalue weighted by atomic mass is 16.5. The Kier molecular flexibility index (Phi) is 6.87. The third kappa shape index (κ3) is 4.93. The van der Waals surface area contributed by atoms with E-state index in [1.807, 2.05) is 36.4 Å². The van der Waals surface area contributed by atoms with Gasteiger partial charge in [0.25, 0.3) is 0 Å². The molecule has 0 aromatic heterocycles. The van der Waals surface area contributed by atoms with Gasteiger partial charge in [-0.25, -0.2) is 4.79 Å². The van der Waals surface area contributed by atoms with Crippen molar-refractivity contribution in [2.45, 2.75) is 51.6 Å². The molecule has 2 aromatic rings. The predicted molar refractivity (Wildman–Crippen MR) is 121 cm³/mol. The Hall–Kier alpha value is -3.35. The number of hydrogen-bond acceptors (Lipinski definition) is 4. The summed E-state index contributed by atoms with van der Waals surface area (Å²) in [5.74, 6) is -1.64. The topological polar surface area (TPSA) is 95.9 Å². The average molecular weight is 439 g/mol. The maximum absolute atomic E-state index is 13.0. The van der Waals surface area contributed by atoms with Gasteiger partial charge < -0.3 is 20.1 Å². The largest absolute Gasteiger partial charge is 0.480 e. The molecular weight excluding hydrogens is 408 g/mol. The lowest BCUT2D eigenvalue weighted by Crippen LogP contribution is -2.56. The van der Waals surface area contributed by atoms with Crippen molar-refractivity contribution in [3.8, 4) is 11.1 Å². The van der Waals surface area contributed by atoms with E-state index < -0.39 is 36.1 Å². The van der Waals surface area contributed by atoms with Crippen LogP contribution in [0.25, 0.3) is 11.1 Å². The van der Waals surface area contributed by atoms with Gasteiger partial charge in [0.2, 0.25) is 5.91 Å². The molecule has 0 spiro atoms. The number of hydrogen-bond donors (Lipinski definition) is 2. The van der Waals surface area contributed by atoms with E-state index >= 15 is 0 Å². The highest BCUT2D eigenvalue weighted by molar-refractivity contribution is 5.88. The van der Waals surface area contributed by atoms with E-state index in [1.54, 1.807) is 27.7 Å². The van der Waals surface area contributed by atoms with Crippen molar-refractivity contribution >= 4 is 18.0 Å². The summed E-state index contributed by atoms with van der Waals surface area (Å²) in [5.41, 5.74) is 3.77. The van der Waals surface area contributed by atoms with Crippen LogP contribution in [0.4, 0.5) is 4.79 Å². The molecule has 0 heterocycles. The molecule has 1 aliphatic rings. The van der Waals surface area contributed by atoms with E-state index in [-0.39, 0.29) is 12.5 Å². The lowest BCUT2D eigenvalue weighted by atomic mass is 9.98. The van der Waals surface area contributed by atoms with E-state index in [9.17, 15) is 19.5 Å². The zero-order chi connectivity index (χ0) is 23.5. The fourth-order valence-corrected chi connectivity index (χ4v) is 4.09. The molecule has 3 rings (SSSR count). The maximum atomic E-state index is 13.0. The Balaban J connectivity index is 1.69. The first-order valence-electron chi connectivity index (χ1n) is 10.8. The number of amides is 2. The minimum atomic E-state index is -1.11. The van der Waals surface area contributed by atoms with Gasteiger partial charge in [-0.05, 0) is 49.4 Å². The van der Waals surface area contributed by atoms with Gasteiger partial charge in [-0.2, -0.15) is 0 Å². The first-order chi connectivity index (χ1) is 15.1. The summed E-state index contributed by atoms with van der Waals surface area (Å²) < 4.78 is 5.53. The SMILES string of the molecule is CC[C@H](NC(=O)OCC1c2ccccc2-c2ccccc21)C(=O)N(CC(=O)O)C(C)(C)C. The van der Waals surface area contributed by atoms with E-state index in [2.05, 4.69) is 17.4 Å². The van der Waals surface area contributed by atoms with E-state index in [0.717, 1.165) is 22.3 Å². The number of aliphatic carboxylic acids is 1. The number of carboxylic acids is 1. The second-order valence-electron chi connectivity index (χ2n) is 8.92. The molecule has 0 saturated heterocycles. The van der Waals surface area contributed by atoms with Crippen LogP contribution in [0.3, 0.4) is 0 Å². The summed E-state index contributed by atoms with van der Waals surface area (Å²) in [4.78, 5) is 38.0. The van der Waals surface area contributed by atoms with E-state index in [4.69, 9.17) is 4.74 Å². The number of ether oxygens (including phenoxy) is 1. The van der Waals surface area contributed by atoms with Crippen LogP contribution in [0.2, 0.25) is 0 Å². The van der Waals surface area contributed by atoms with E-state index in [1.165, 1.54) is 4.90 Å². The van der Waals surface area contributed by atoms with Gasteiger partial charge in [0, 0.05) is 11.5 Å². The zero-order valence-electron chi connectivity index (χ0n) is 18.9. The molecule has 1 aliphatic carbocycles. The quantitative estimate of drug-likeness (QED) is 0.681. The van der Waals surface area contributed by atoms with E-state index in [0.29, 0.717) is 6.42 Å². The van der Waals surface area contributed by atoms with Crippen molar-refractivity contribution in [2.24, 2.45) is 0 Å². The van der Waals surface area contributed by atoms with Crippen LogP contribution in [0.5, 0.6) is 0 Å². The number of fused-ring (bicyclic) bond motifs is 3. The Morgan fingerprint density at radius 3 is 2.03 bits per heavy atom. The number of alkyl carbamates (subject to hydrolysis) is 1. The summed E-state index contributed by atoms with van der Waals surface area (Å²) in [5, 5.41) is 11.8. The fourth-order valence-electron chi connectivity index (χ4n) is 4.09. The predicted octanol–water partition coefficient (Wildman–Crippen LogP) is 4.02. The highest BCUT2D eigenvalue weighted by Gasteiger charge is 2.34. The molecule has 2 amide bonds. The number of carboxylic acid groups (broad SMARTS) is 1. The average Bonchev–Trinajstić information content (AvgIpc) is 3.07. The Morgan fingerprint density at radius 2 is 1.56 bits per heavy atom. The summed E-state index contributed by atoms with van der Waals surface area (Å²) in [6, 6.07) is 15.2. The normalized spacial score (nSPS) is 13.6. The van der Waals surface area contributed by atoms with Crippen LogP contribution in [-0.2, 0) is 14.3 Å². The summed E-state index contributed by atoms with van der Waals surface area (Å²) in [7, 11) is 0. The van der Waals surface area contributed by atoms with Crippen molar-refractivity contribution in [1.82, 2.24) is 10.2 Å². The summed E-state index contributed by atoms with van der Waals surface area (Å²) in [6.45, 7) is 6.73. The number of nitrogens with one attached hydrogen (secondary N) is 1. The minimum Gasteiger partial charge on any atom is -0.480 e. The van der Waals surface area contributed by atoms with Crippen molar-refractivity contribution in [3.05, 3.63) is 59.7 Å². The lowest BCUT2D eigenvalue weighted by molar-refractivity contribution is -0.149. The van der Waals surface area contributed by atoms with Gasteiger partial charge in [0.1, 0.15) is 19.2 Å². The highest BCUT2D eigenvalue weighted by Crippen LogP contribution is 2.44. The monoisotopic (exact) mass is 438 g/mol. The number of carbonyl (C=O) groups excluding carboxylic acids is 2. The van der Waals surface area contributed by atoms with Gasteiger partial charge in [0.05, 0.1) is 0 Å². The van der Waals surface area contributed by atoms with Gasteiger partial charge in [-0.3, -0.25) is 9.59 Å². The maximum Gasteiger partial charge on any atom is 0.407 e. The molecule has 2 aromatic carbocycles. The second kappa shape index (κ2) is 9.42. The molecule has 32 heavy (non-hydrogen) atoms. The first-order valence-corrected chi connectivity index (χ1v) is 10.8. The Bertz CT molecular complexity index is 966. The lowest BCUT2D eigenvalue weighted by Gasteiger charge is -2.36. The van der Waals surface area contributed by atoms with Gasteiger partial charge in [-0.15, -0.1) is 0 Å². The molecule has 7 heteroatoms. The number of benzene rings is 2. The molecule has 0 bridgehead atoms. The van der Waals surface area contributed by atoms with Crippen LogP contribution in [-0.4, -0.2) is 52.7 Å². The molecule has 7 nitrogen and oxygen atoms in total. The third-order valence-corrected chi connectivity index (χ3v) is 5.71. The fraction of sp³-hybridized carbons (Fsp3) is 0.400. The van der Waals surface area contributed by atoms with Gasteiger partial charge in [-0.1, -0.05) is 55.5 Å². The van der Waals surface area contributed by atoms with Crippen molar-refractivity contribution in [2.75, 3.05) is 13.2 Å². The van der Waals surface area contributed by atoms with Crippen LogP contribution >= 0.6 is 0 Å². The molecule has 0 radical (unpaired) electrons. The van der Waals surface area contributed by atoms with Crippen molar-refractivity contribution in [3.63, 3.8) is 0 Å². The molecule has 1 atom stereocenters. The molecule has 0 unspecified atom stereocenters. The van der Waals surface area contributed by atoms with Crippen LogP contribution < -0.4 is 5.32 Å². The summed E-state index contributed by atoms with van der Waals surface area (Å²) in [6.07, 6.45) is -0.383. The van der Waals surface area contributed by atoms with Crippen molar-refractivity contribution in [1.29, 1.82) is 0 Å². The van der Waals surface area contributed by atoms with Gasteiger partial charge >= 0.3 is 12.1 Å². The van der Waals surface area contributed by atoms with Crippen LogP contribution in [0.1, 0.15) is 51.2 Å². The second-order valence-corrected chi connectivity index (χ2v) is 8.92. The Labute approximate surface area is 188 Å². The van der Waals surface area contributed by atoms with Crippen molar-refractivity contribution < 1.29 is 24.2 Å². The molecule has 0 saturated carbocycles. The van der Waals surface area contributed by atoms with Gasteiger partial charge in [0.15, 0.2) is 0 Å². The molecule has 2 N–H and O–H groups in total. The summed E-state index contributed by atoms with van der Waals surface area (Å²) >= 11 is 0.